The number of rotatable bonds is 1. The summed E-state index contributed by atoms with van der Waals surface area (Å²) in [6.45, 7) is 0. The van der Waals surface area contributed by atoms with E-state index in [0.29, 0.717) is 8.95 Å². The average molecular weight is 353 g/mol. The minimum absolute atomic E-state index is 0.0394. The first-order valence-electron chi connectivity index (χ1n) is 3.98. The fourth-order valence-electron chi connectivity index (χ4n) is 0.878. The summed E-state index contributed by atoms with van der Waals surface area (Å²) in [6, 6.07) is 2.71. The third-order valence-corrected chi connectivity index (χ3v) is 3.31. The van der Waals surface area contributed by atoms with Gasteiger partial charge in [-0.15, -0.1) is 0 Å². The van der Waals surface area contributed by atoms with Crippen LogP contribution in [0.1, 0.15) is 0 Å². The fraction of sp³-hybridized carbons (Fsp3) is 0. The van der Waals surface area contributed by atoms with E-state index in [1.54, 1.807) is 0 Å². The Bertz CT molecular complexity index is 468. The predicted molar refractivity (Wildman–Crippen MR) is 68.9 cm³/mol. The molecule has 1 aromatic carbocycles. The van der Waals surface area contributed by atoms with E-state index in [9.17, 15) is 4.39 Å². The monoisotopic (exact) mass is 351 g/mol. The maximum atomic E-state index is 13.4. The van der Waals surface area contributed by atoms with Crippen molar-refractivity contribution in [3.05, 3.63) is 26.9 Å². The average Bonchev–Trinajstić information content (AvgIpc) is 2.12. The highest BCUT2D eigenvalue weighted by atomic mass is 79.9. The lowest BCUT2D eigenvalue weighted by Crippen LogP contribution is -2.26. The molecule has 16 heavy (non-hydrogen) atoms. The number of aliphatic imine (C=N–C) groups is 2. The van der Waals surface area contributed by atoms with E-state index in [2.05, 4.69) is 41.8 Å². The number of hydrogen-bond acceptors (Lipinski definition) is 1. The molecule has 5 nitrogen and oxygen atoms in total. The Hall–Kier alpha value is -1.15. The maximum Gasteiger partial charge on any atom is 0.223 e. The smallest absolute Gasteiger partial charge is 0.223 e. The quantitative estimate of drug-likeness (QED) is 0.406. The van der Waals surface area contributed by atoms with E-state index in [1.165, 1.54) is 12.1 Å². The SMILES string of the molecule is NC(N)=NC(N)=Nc1cc(Br)c(Br)cc1F. The zero-order valence-electron chi connectivity index (χ0n) is 7.92. The first kappa shape index (κ1) is 12.9. The van der Waals surface area contributed by atoms with Crippen LogP contribution in [0, 0.1) is 5.82 Å². The van der Waals surface area contributed by atoms with Crippen molar-refractivity contribution in [1.29, 1.82) is 0 Å². The highest BCUT2D eigenvalue weighted by Crippen LogP contribution is 2.30. The van der Waals surface area contributed by atoms with Gasteiger partial charge in [-0.1, -0.05) is 0 Å². The molecule has 0 heterocycles. The Morgan fingerprint density at radius 1 is 1.12 bits per heavy atom. The molecule has 1 rings (SSSR count). The maximum absolute atomic E-state index is 13.4. The van der Waals surface area contributed by atoms with Crippen LogP contribution in [0.2, 0.25) is 0 Å². The van der Waals surface area contributed by atoms with Crippen molar-refractivity contribution in [2.45, 2.75) is 0 Å². The number of benzene rings is 1. The summed E-state index contributed by atoms with van der Waals surface area (Å²) in [5, 5.41) is 0. The van der Waals surface area contributed by atoms with Gasteiger partial charge in [0.1, 0.15) is 11.5 Å². The summed E-state index contributed by atoms with van der Waals surface area (Å²) >= 11 is 6.36. The van der Waals surface area contributed by atoms with Crippen LogP contribution in [0.3, 0.4) is 0 Å². The van der Waals surface area contributed by atoms with Crippen LogP contribution >= 0.6 is 31.9 Å². The van der Waals surface area contributed by atoms with Gasteiger partial charge >= 0.3 is 0 Å². The standard InChI is InChI=1S/C8H8Br2FN5/c9-3-1-5(11)6(2-4(3)10)15-8(14)16-7(12)13/h1-2H,(H6,12,13,14,15,16). The van der Waals surface area contributed by atoms with E-state index in [4.69, 9.17) is 17.2 Å². The van der Waals surface area contributed by atoms with Crippen molar-refractivity contribution in [3.8, 4) is 0 Å². The van der Waals surface area contributed by atoms with Crippen LogP contribution in [-0.2, 0) is 0 Å². The molecule has 0 aliphatic heterocycles. The van der Waals surface area contributed by atoms with Crippen LogP contribution in [0.5, 0.6) is 0 Å². The lowest BCUT2D eigenvalue weighted by atomic mass is 10.3. The van der Waals surface area contributed by atoms with Gasteiger partial charge in [0.2, 0.25) is 5.96 Å². The van der Waals surface area contributed by atoms with Crippen molar-refractivity contribution in [3.63, 3.8) is 0 Å². The second-order valence-corrected chi connectivity index (χ2v) is 4.43. The highest BCUT2D eigenvalue weighted by Gasteiger charge is 2.06. The van der Waals surface area contributed by atoms with Gasteiger partial charge < -0.3 is 17.2 Å². The normalized spacial score (nSPS) is 11.3. The molecule has 1 aromatic rings. The summed E-state index contributed by atoms with van der Waals surface area (Å²) in [5.41, 5.74) is 15.6. The van der Waals surface area contributed by atoms with Gasteiger partial charge in [-0.25, -0.2) is 9.38 Å². The second-order valence-electron chi connectivity index (χ2n) is 2.72. The molecule has 8 heteroatoms. The summed E-state index contributed by atoms with van der Waals surface area (Å²) < 4.78 is 14.6. The Balaban J connectivity index is 3.15. The minimum atomic E-state index is -0.538. The summed E-state index contributed by atoms with van der Waals surface area (Å²) in [5.74, 6) is -0.991. The molecule has 0 aromatic heterocycles. The van der Waals surface area contributed by atoms with Crippen molar-refractivity contribution >= 4 is 49.5 Å². The molecule has 0 saturated heterocycles. The van der Waals surface area contributed by atoms with E-state index < -0.39 is 5.82 Å². The number of halogens is 3. The van der Waals surface area contributed by atoms with Crippen LogP contribution < -0.4 is 17.2 Å². The predicted octanol–water partition coefficient (Wildman–Crippen LogP) is 1.57. The molecule has 0 spiro atoms. The van der Waals surface area contributed by atoms with Gasteiger partial charge in [0.05, 0.1) is 0 Å². The molecule has 0 saturated carbocycles. The van der Waals surface area contributed by atoms with E-state index in [-0.39, 0.29) is 17.6 Å². The topological polar surface area (TPSA) is 103 Å². The Kier molecular flexibility index (Phi) is 4.25. The van der Waals surface area contributed by atoms with Gasteiger partial charge in [0.25, 0.3) is 0 Å². The Morgan fingerprint density at radius 3 is 2.25 bits per heavy atom. The van der Waals surface area contributed by atoms with Crippen LogP contribution in [0.4, 0.5) is 10.1 Å². The zero-order valence-corrected chi connectivity index (χ0v) is 11.1. The highest BCUT2D eigenvalue weighted by molar-refractivity contribution is 9.13. The van der Waals surface area contributed by atoms with Gasteiger partial charge in [-0.05, 0) is 44.0 Å². The summed E-state index contributed by atoms with van der Waals surface area (Å²) in [7, 11) is 0. The Morgan fingerprint density at radius 2 is 1.69 bits per heavy atom. The molecule has 86 valence electrons. The number of hydrogen-bond donors (Lipinski definition) is 3. The third-order valence-electron chi connectivity index (χ3n) is 1.47. The molecule has 6 N–H and O–H groups in total. The first-order chi connectivity index (χ1) is 7.40. The molecule has 0 radical (unpaired) electrons. The number of nitrogens with two attached hydrogens (primary N) is 3. The number of nitrogens with zero attached hydrogens (tertiary/aromatic N) is 2. The minimum Gasteiger partial charge on any atom is -0.370 e. The molecule has 0 unspecified atom stereocenters. The molecular weight excluding hydrogens is 345 g/mol. The molecule has 0 aliphatic carbocycles. The first-order valence-corrected chi connectivity index (χ1v) is 5.57. The lowest BCUT2D eigenvalue weighted by molar-refractivity contribution is 0.628. The second kappa shape index (κ2) is 5.26. The molecule has 0 bridgehead atoms. The van der Waals surface area contributed by atoms with E-state index >= 15 is 0 Å². The van der Waals surface area contributed by atoms with Gasteiger partial charge in [0, 0.05) is 8.95 Å². The van der Waals surface area contributed by atoms with Crippen LogP contribution in [0.25, 0.3) is 0 Å². The summed E-state index contributed by atoms with van der Waals surface area (Å²) in [6.07, 6.45) is 0. The van der Waals surface area contributed by atoms with E-state index in [1.807, 2.05) is 0 Å². The van der Waals surface area contributed by atoms with Crippen LogP contribution in [-0.4, -0.2) is 11.9 Å². The van der Waals surface area contributed by atoms with Crippen molar-refractivity contribution in [2.24, 2.45) is 27.2 Å². The van der Waals surface area contributed by atoms with Crippen molar-refractivity contribution in [1.82, 2.24) is 0 Å². The van der Waals surface area contributed by atoms with Crippen molar-refractivity contribution < 1.29 is 4.39 Å². The molecular formula is C8H8Br2FN5. The zero-order chi connectivity index (χ0) is 12.3. The van der Waals surface area contributed by atoms with Gasteiger partial charge in [-0.2, -0.15) is 4.99 Å². The number of guanidine groups is 2. The lowest BCUT2D eigenvalue weighted by Gasteiger charge is -2.01. The largest absolute Gasteiger partial charge is 0.370 e. The van der Waals surface area contributed by atoms with E-state index in [0.717, 1.165) is 0 Å². The Labute approximate surface area is 108 Å². The van der Waals surface area contributed by atoms with Crippen LogP contribution in [0.15, 0.2) is 31.1 Å². The molecule has 0 amide bonds. The molecule has 0 atom stereocenters. The third kappa shape index (κ3) is 3.46. The molecule has 0 aliphatic rings. The van der Waals surface area contributed by atoms with Gasteiger partial charge in [0.15, 0.2) is 5.96 Å². The van der Waals surface area contributed by atoms with Crippen molar-refractivity contribution in [2.75, 3.05) is 0 Å². The molecule has 0 fully saturated rings. The van der Waals surface area contributed by atoms with Gasteiger partial charge in [-0.3, -0.25) is 0 Å². The fourth-order valence-corrected chi connectivity index (χ4v) is 1.53. The summed E-state index contributed by atoms with van der Waals surface area (Å²) in [4.78, 5) is 7.19.